The number of amides is 1. The highest BCUT2D eigenvalue weighted by Gasteiger charge is 2.29. The number of benzene rings is 2. The van der Waals surface area contributed by atoms with Crippen LogP contribution in [0.25, 0.3) is 0 Å². The van der Waals surface area contributed by atoms with Gasteiger partial charge in [0.05, 0.1) is 12.5 Å². The van der Waals surface area contributed by atoms with Gasteiger partial charge in [0, 0.05) is 11.6 Å². The molecule has 1 aliphatic rings. The van der Waals surface area contributed by atoms with E-state index >= 15 is 0 Å². The van der Waals surface area contributed by atoms with Crippen molar-refractivity contribution in [1.29, 1.82) is 0 Å². The fourth-order valence-corrected chi connectivity index (χ4v) is 3.15. The molecule has 1 amide bonds. The Labute approximate surface area is 134 Å². The summed E-state index contributed by atoms with van der Waals surface area (Å²) in [4.78, 5) is 14.5. The third-order valence-corrected chi connectivity index (χ3v) is 4.32. The lowest BCUT2D eigenvalue weighted by atomic mass is 10.0. The molecule has 1 atom stereocenters. The molecule has 0 saturated carbocycles. The van der Waals surface area contributed by atoms with Crippen molar-refractivity contribution in [2.24, 2.45) is 0 Å². The Morgan fingerprint density at radius 3 is 2.73 bits per heavy atom. The summed E-state index contributed by atoms with van der Waals surface area (Å²) in [7, 11) is 0. The van der Waals surface area contributed by atoms with Crippen LogP contribution in [0.1, 0.15) is 30.0 Å². The first-order valence-corrected chi connectivity index (χ1v) is 7.80. The zero-order valence-electron chi connectivity index (χ0n) is 12.1. The zero-order valence-corrected chi connectivity index (χ0v) is 12.9. The molecule has 1 saturated heterocycles. The molecule has 4 heteroatoms. The quantitative estimate of drug-likeness (QED) is 0.822. The molecule has 2 aromatic rings. The molecule has 22 heavy (non-hydrogen) atoms. The number of likely N-dealkylation sites (tertiary alicyclic amines) is 1. The van der Waals surface area contributed by atoms with Crippen molar-refractivity contribution in [2.75, 3.05) is 6.54 Å². The molecule has 0 radical (unpaired) electrons. The third kappa shape index (κ3) is 3.30. The summed E-state index contributed by atoms with van der Waals surface area (Å²) in [6.45, 7) is 0.751. The van der Waals surface area contributed by atoms with Gasteiger partial charge < -0.3 is 4.90 Å². The Kier molecular flexibility index (Phi) is 4.44. The van der Waals surface area contributed by atoms with E-state index in [9.17, 15) is 9.18 Å². The third-order valence-electron chi connectivity index (χ3n) is 4.07. The highest BCUT2D eigenvalue weighted by Crippen LogP contribution is 2.32. The normalized spacial score (nSPS) is 17.7. The van der Waals surface area contributed by atoms with Crippen LogP contribution < -0.4 is 0 Å². The summed E-state index contributed by atoms with van der Waals surface area (Å²) >= 11 is 5.92. The lowest BCUT2D eigenvalue weighted by molar-refractivity contribution is -0.131. The summed E-state index contributed by atoms with van der Waals surface area (Å²) in [6, 6.07) is 14.0. The number of rotatable bonds is 3. The number of halogens is 2. The Morgan fingerprint density at radius 1 is 1.23 bits per heavy atom. The first-order valence-electron chi connectivity index (χ1n) is 7.43. The topological polar surface area (TPSA) is 20.3 Å². The predicted octanol–water partition coefficient (Wildman–Crippen LogP) is 4.39. The molecule has 0 N–H and O–H groups in total. The first-order chi connectivity index (χ1) is 10.6. The van der Waals surface area contributed by atoms with Crippen LogP contribution in [0.2, 0.25) is 5.02 Å². The highest BCUT2D eigenvalue weighted by atomic mass is 35.5. The van der Waals surface area contributed by atoms with E-state index in [0.717, 1.165) is 24.9 Å². The van der Waals surface area contributed by atoms with Crippen molar-refractivity contribution in [3.8, 4) is 0 Å². The van der Waals surface area contributed by atoms with Gasteiger partial charge in [-0.3, -0.25) is 4.79 Å². The summed E-state index contributed by atoms with van der Waals surface area (Å²) in [5.41, 5.74) is 1.82. The van der Waals surface area contributed by atoms with Crippen LogP contribution in [-0.2, 0) is 11.2 Å². The van der Waals surface area contributed by atoms with Gasteiger partial charge in [-0.05, 0) is 48.2 Å². The first kappa shape index (κ1) is 15.0. The van der Waals surface area contributed by atoms with E-state index in [2.05, 4.69) is 0 Å². The standard InChI is InChI=1S/C18H17ClFNO/c19-15-8-6-14(7-9-15)17-5-2-10-21(17)18(22)12-13-3-1-4-16(20)11-13/h1,3-4,6-9,11,17H,2,5,10,12H2/t17-/m0/s1. The number of hydrogen-bond donors (Lipinski definition) is 0. The summed E-state index contributed by atoms with van der Waals surface area (Å²) in [5, 5.41) is 0.694. The minimum atomic E-state index is -0.305. The predicted molar refractivity (Wildman–Crippen MR) is 85.2 cm³/mol. The minimum Gasteiger partial charge on any atom is -0.335 e. The van der Waals surface area contributed by atoms with Crippen LogP contribution >= 0.6 is 11.6 Å². The average Bonchev–Trinajstić information content (AvgIpc) is 2.97. The maximum atomic E-state index is 13.2. The molecule has 1 heterocycles. The summed E-state index contributed by atoms with van der Waals surface area (Å²) in [5.74, 6) is -0.260. The van der Waals surface area contributed by atoms with Gasteiger partial charge >= 0.3 is 0 Å². The molecule has 114 valence electrons. The van der Waals surface area contributed by atoms with Crippen LogP contribution in [0.5, 0.6) is 0 Å². The Morgan fingerprint density at radius 2 is 2.00 bits per heavy atom. The molecule has 0 bridgehead atoms. The van der Waals surface area contributed by atoms with Crippen LogP contribution in [0.3, 0.4) is 0 Å². The van der Waals surface area contributed by atoms with Crippen molar-refractivity contribution in [2.45, 2.75) is 25.3 Å². The average molecular weight is 318 g/mol. The van der Waals surface area contributed by atoms with E-state index in [1.165, 1.54) is 12.1 Å². The second kappa shape index (κ2) is 6.49. The van der Waals surface area contributed by atoms with E-state index < -0.39 is 0 Å². The Bertz CT molecular complexity index is 671. The molecule has 1 fully saturated rings. The SMILES string of the molecule is O=C(Cc1cccc(F)c1)N1CCC[C@H]1c1ccc(Cl)cc1. The molecule has 2 aromatic carbocycles. The monoisotopic (exact) mass is 317 g/mol. The maximum absolute atomic E-state index is 13.2. The van der Waals surface area contributed by atoms with Gasteiger partial charge in [-0.1, -0.05) is 35.9 Å². The van der Waals surface area contributed by atoms with Gasteiger partial charge in [0.25, 0.3) is 0 Å². The molecule has 1 aliphatic heterocycles. The smallest absolute Gasteiger partial charge is 0.227 e. The summed E-state index contributed by atoms with van der Waals surface area (Å²) in [6.07, 6.45) is 2.18. The van der Waals surface area contributed by atoms with Gasteiger partial charge in [0.2, 0.25) is 5.91 Å². The molecule has 0 spiro atoms. The van der Waals surface area contributed by atoms with Crippen LogP contribution in [0.4, 0.5) is 4.39 Å². The Balaban J connectivity index is 1.75. The number of carbonyl (C=O) groups excluding carboxylic acids is 1. The minimum absolute atomic E-state index is 0.0445. The fraction of sp³-hybridized carbons (Fsp3) is 0.278. The largest absolute Gasteiger partial charge is 0.335 e. The van der Waals surface area contributed by atoms with E-state index in [4.69, 9.17) is 11.6 Å². The highest BCUT2D eigenvalue weighted by molar-refractivity contribution is 6.30. The number of nitrogens with zero attached hydrogens (tertiary/aromatic N) is 1. The van der Waals surface area contributed by atoms with Crippen LogP contribution in [-0.4, -0.2) is 17.4 Å². The number of hydrogen-bond acceptors (Lipinski definition) is 1. The van der Waals surface area contributed by atoms with Gasteiger partial charge in [-0.25, -0.2) is 4.39 Å². The van der Waals surface area contributed by atoms with Crippen molar-refractivity contribution in [3.63, 3.8) is 0 Å². The van der Waals surface area contributed by atoms with E-state index in [1.54, 1.807) is 12.1 Å². The van der Waals surface area contributed by atoms with E-state index in [0.29, 0.717) is 10.6 Å². The second-order valence-corrected chi connectivity index (χ2v) is 6.04. The van der Waals surface area contributed by atoms with Crippen molar-refractivity contribution in [3.05, 3.63) is 70.5 Å². The van der Waals surface area contributed by atoms with E-state index in [1.807, 2.05) is 29.2 Å². The lowest BCUT2D eigenvalue weighted by Crippen LogP contribution is -2.31. The maximum Gasteiger partial charge on any atom is 0.227 e. The Hall–Kier alpha value is -1.87. The molecular formula is C18H17ClFNO. The second-order valence-electron chi connectivity index (χ2n) is 5.60. The summed E-state index contributed by atoms with van der Waals surface area (Å²) < 4.78 is 13.2. The molecule has 0 unspecified atom stereocenters. The van der Waals surface area contributed by atoms with Crippen LogP contribution in [0, 0.1) is 5.82 Å². The fourth-order valence-electron chi connectivity index (χ4n) is 3.02. The van der Waals surface area contributed by atoms with E-state index in [-0.39, 0.29) is 24.2 Å². The van der Waals surface area contributed by atoms with Crippen molar-refractivity contribution in [1.82, 2.24) is 4.90 Å². The van der Waals surface area contributed by atoms with Gasteiger partial charge in [-0.15, -0.1) is 0 Å². The van der Waals surface area contributed by atoms with Crippen LogP contribution in [0.15, 0.2) is 48.5 Å². The molecule has 0 aliphatic carbocycles. The molecule has 3 rings (SSSR count). The zero-order chi connectivity index (χ0) is 15.5. The van der Waals surface area contributed by atoms with Crippen molar-refractivity contribution < 1.29 is 9.18 Å². The molecular weight excluding hydrogens is 301 g/mol. The molecule has 2 nitrogen and oxygen atoms in total. The van der Waals surface area contributed by atoms with Gasteiger partial charge in [0.1, 0.15) is 5.82 Å². The van der Waals surface area contributed by atoms with Gasteiger partial charge in [-0.2, -0.15) is 0 Å². The lowest BCUT2D eigenvalue weighted by Gasteiger charge is -2.25. The van der Waals surface area contributed by atoms with Crippen molar-refractivity contribution >= 4 is 17.5 Å². The molecule has 0 aromatic heterocycles. The van der Waals surface area contributed by atoms with Gasteiger partial charge in [0.15, 0.2) is 0 Å². The number of carbonyl (C=O) groups is 1.